The Bertz CT molecular complexity index is 624. The Morgan fingerprint density at radius 3 is 2.61 bits per heavy atom. The van der Waals surface area contributed by atoms with Crippen LogP contribution >= 0.6 is 0 Å². The molecule has 2 aliphatic heterocycles. The van der Waals surface area contributed by atoms with E-state index in [1.54, 1.807) is 19.9 Å². The largest absolute Gasteiger partial charge is 0.483 e. The lowest BCUT2D eigenvalue weighted by Crippen LogP contribution is -2.69. The summed E-state index contributed by atoms with van der Waals surface area (Å²) in [6.45, 7) is 5.10. The lowest BCUT2D eigenvalue weighted by atomic mass is 9.79. The third kappa shape index (κ3) is 2.58. The molecule has 0 bridgehead atoms. The van der Waals surface area contributed by atoms with Gasteiger partial charge >= 0.3 is 0 Å². The first kappa shape index (κ1) is 16.2. The van der Waals surface area contributed by atoms with Crippen LogP contribution in [0.3, 0.4) is 0 Å². The summed E-state index contributed by atoms with van der Waals surface area (Å²) in [5.74, 6) is 0.547. The number of nitro groups is 1. The number of nitro benzene ring substituents is 1. The molecule has 7 heteroatoms. The second-order valence-corrected chi connectivity index (χ2v) is 6.92. The summed E-state index contributed by atoms with van der Waals surface area (Å²) >= 11 is 0. The molecule has 2 atom stereocenters. The minimum atomic E-state index is -1.65. The van der Waals surface area contributed by atoms with Crippen molar-refractivity contribution in [2.24, 2.45) is 5.73 Å². The smallest absolute Gasteiger partial charge is 0.270 e. The van der Waals surface area contributed by atoms with E-state index >= 15 is 0 Å². The van der Waals surface area contributed by atoms with Crippen molar-refractivity contribution in [3.05, 3.63) is 33.9 Å². The second kappa shape index (κ2) is 5.43. The van der Waals surface area contributed by atoms with Gasteiger partial charge in [0, 0.05) is 17.7 Å². The van der Waals surface area contributed by atoms with Gasteiger partial charge in [0.25, 0.3) is 5.69 Å². The standard InChI is InChI=1S/C16H23N3O4/c1-15(2)16(17,20)14(18-8-4-3-5-9-18)12-10-11(19(21)22)6-7-13(12)23-15/h6-7,10,14,20H,3-5,8-9,17H2,1-2H3/t14-,16+/m0/s1. The van der Waals surface area contributed by atoms with E-state index in [0.29, 0.717) is 11.3 Å². The van der Waals surface area contributed by atoms with Crippen molar-refractivity contribution in [2.45, 2.75) is 50.5 Å². The van der Waals surface area contributed by atoms with Crippen molar-refractivity contribution in [1.29, 1.82) is 0 Å². The minimum Gasteiger partial charge on any atom is -0.483 e. The highest BCUT2D eigenvalue weighted by Gasteiger charge is 2.55. The molecular formula is C16H23N3O4. The van der Waals surface area contributed by atoms with Gasteiger partial charge in [-0.25, -0.2) is 0 Å². The van der Waals surface area contributed by atoms with Crippen LogP contribution in [-0.2, 0) is 0 Å². The van der Waals surface area contributed by atoms with Crippen LogP contribution in [0.1, 0.15) is 44.7 Å². The molecule has 1 aromatic rings. The molecule has 3 N–H and O–H groups in total. The van der Waals surface area contributed by atoms with Crippen LogP contribution in [-0.4, -0.2) is 39.3 Å². The monoisotopic (exact) mass is 321 g/mol. The zero-order valence-corrected chi connectivity index (χ0v) is 13.5. The lowest BCUT2D eigenvalue weighted by molar-refractivity contribution is -0.385. The predicted molar refractivity (Wildman–Crippen MR) is 85.1 cm³/mol. The first-order chi connectivity index (χ1) is 10.7. The van der Waals surface area contributed by atoms with E-state index < -0.39 is 22.3 Å². The van der Waals surface area contributed by atoms with E-state index in [0.717, 1.165) is 32.4 Å². The number of ether oxygens (including phenoxy) is 1. The Morgan fingerprint density at radius 2 is 2.00 bits per heavy atom. The molecule has 3 rings (SSSR count). The maximum absolute atomic E-state index is 11.1. The molecule has 0 spiro atoms. The van der Waals surface area contributed by atoms with Crippen molar-refractivity contribution in [3.8, 4) is 5.75 Å². The van der Waals surface area contributed by atoms with Crippen molar-refractivity contribution in [3.63, 3.8) is 0 Å². The number of non-ortho nitro benzene ring substituents is 1. The highest BCUT2D eigenvalue weighted by molar-refractivity contribution is 5.49. The third-order valence-corrected chi connectivity index (χ3v) is 5.00. The first-order valence-electron chi connectivity index (χ1n) is 7.97. The zero-order chi connectivity index (χ0) is 16.8. The second-order valence-electron chi connectivity index (χ2n) is 6.92. The normalized spacial score (nSPS) is 30.3. The molecule has 23 heavy (non-hydrogen) atoms. The number of hydrogen-bond acceptors (Lipinski definition) is 6. The van der Waals surface area contributed by atoms with Crippen LogP contribution in [0.25, 0.3) is 0 Å². The molecule has 0 radical (unpaired) electrons. The van der Waals surface area contributed by atoms with Gasteiger partial charge in [-0.2, -0.15) is 0 Å². The van der Waals surface area contributed by atoms with Gasteiger partial charge in [-0.05, 0) is 45.8 Å². The highest BCUT2D eigenvalue weighted by Crippen LogP contribution is 2.48. The maximum Gasteiger partial charge on any atom is 0.270 e. The molecular weight excluding hydrogens is 298 g/mol. The van der Waals surface area contributed by atoms with Crippen molar-refractivity contribution < 1.29 is 14.8 Å². The average molecular weight is 321 g/mol. The molecule has 126 valence electrons. The number of benzene rings is 1. The van der Waals surface area contributed by atoms with Crippen LogP contribution in [0.2, 0.25) is 0 Å². The van der Waals surface area contributed by atoms with Crippen molar-refractivity contribution >= 4 is 5.69 Å². The van der Waals surface area contributed by atoms with Gasteiger partial charge in [0.05, 0.1) is 11.0 Å². The third-order valence-electron chi connectivity index (χ3n) is 5.00. The van der Waals surface area contributed by atoms with Gasteiger partial charge in [0.1, 0.15) is 11.4 Å². The number of fused-ring (bicyclic) bond motifs is 1. The highest BCUT2D eigenvalue weighted by atomic mass is 16.6. The number of rotatable bonds is 2. The molecule has 7 nitrogen and oxygen atoms in total. The topological polar surface area (TPSA) is 102 Å². The quantitative estimate of drug-likeness (QED) is 0.490. The molecule has 1 aromatic carbocycles. The summed E-state index contributed by atoms with van der Waals surface area (Å²) in [5.41, 5.74) is 4.21. The molecule has 0 saturated carbocycles. The first-order valence-corrected chi connectivity index (χ1v) is 7.97. The number of aliphatic hydroxyl groups is 1. The summed E-state index contributed by atoms with van der Waals surface area (Å²) in [4.78, 5) is 12.8. The Hall–Kier alpha value is -1.70. The van der Waals surface area contributed by atoms with Gasteiger partial charge in [-0.15, -0.1) is 0 Å². The van der Waals surface area contributed by atoms with Crippen molar-refractivity contribution in [2.75, 3.05) is 13.1 Å². The Kier molecular flexibility index (Phi) is 3.82. The molecule has 0 amide bonds. The molecule has 0 aromatic heterocycles. The van der Waals surface area contributed by atoms with E-state index in [1.807, 2.05) is 0 Å². The van der Waals surface area contributed by atoms with Gasteiger partial charge in [-0.1, -0.05) is 6.42 Å². The average Bonchev–Trinajstić information content (AvgIpc) is 2.48. The van der Waals surface area contributed by atoms with Crippen molar-refractivity contribution in [1.82, 2.24) is 4.90 Å². The van der Waals surface area contributed by atoms with Crippen LogP contribution in [0.4, 0.5) is 5.69 Å². The number of hydrogen-bond donors (Lipinski definition) is 2. The summed E-state index contributed by atoms with van der Waals surface area (Å²) in [5, 5.41) is 22.1. The molecule has 1 fully saturated rings. The van der Waals surface area contributed by atoms with Gasteiger partial charge < -0.3 is 9.84 Å². The Morgan fingerprint density at radius 1 is 1.35 bits per heavy atom. The fourth-order valence-corrected chi connectivity index (χ4v) is 3.53. The number of nitrogens with two attached hydrogens (primary N) is 1. The Balaban J connectivity index is 2.13. The summed E-state index contributed by atoms with van der Waals surface area (Å²) < 4.78 is 5.87. The van der Waals surface area contributed by atoms with Crippen LogP contribution in [0, 0.1) is 10.1 Å². The number of piperidine rings is 1. The molecule has 1 saturated heterocycles. The molecule has 2 aliphatic rings. The van der Waals surface area contributed by atoms with Gasteiger partial charge in [0.2, 0.25) is 0 Å². The van der Waals surface area contributed by atoms with E-state index in [2.05, 4.69) is 4.90 Å². The predicted octanol–water partition coefficient (Wildman–Crippen LogP) is 1.94. The minimum absolute atomic E-state index is 0.0233. The van der Waals surface area contributed by atoms with Gasteiger partial charge in [-0.3, -0.25) is 20.7 Å². The summed E-state index contributed by atoms with van der Waals surface area (Å²) in [6, 6.07) is 3.97. The number of nitrogens with zero attached hydrogens (tertiary/aromatic N) is 2. The Labute approximate surface area is 135 Å². The molecule has 2 heterocycles. The van der Waals surface area contributed by atoms with Crippen LogP contribution in [0.15, 0.2) is 18.2 Å². The SMILES string of the molecule is CC1(C)Oc2ccc([N+](=O)[O-])cc2[C@H](N2CCCCC2)[C@@]1(N)O. The molecule has 0 aliphatic carbocycles. The fourth-order valence-electron chi connectivity index (χ4n) is 3.53. The van der Waals surface area contributed by atoms with Crippen LogP contribution < -0.4 is 10.5 Å². The van der Waals surface area contributed by atoms with E-state index in [4.69, 9.17) is 10.5 Å². The van der Waals surface area contributed by atoms with E-state index in [-0.39, 0.29) is 5.69 Å². The van der Waals surface area contributed by atoms with E-state index in [9.17, 15) is 15.2 Å². The number of likely N-dealkylation sites (tertiary alicyclic amines) is 1. The fraction of sp³-hybridized carbons (Fsp3) is 0.625. The molecule has 0 unspecified atom stereocenters. The zero-order valence-electron chi connectivity index (χ0n) is 13.5. The summed E-state index contributed by atoms with van der Waals surface area (Å²) in [7, 11) is 0. The lowest BCUT2D eigenvalue weighted by Gasteiger charge is -2.52. The van der Waals surface area contributed by atoms with E-state index in [1.165, 1.54) is 12.1 Å². The summed E-state index contributed by atoms with van der Waals surface area (Å²) in [6.07, 6.45) is 3.20. The van der Waals surface area contributed by atoms with Gasteiger partial charge in [0.15, 0.2) is 5.72 Å². The van der Waals surface area contributed by atoms with Crippen LogP contribution in [0.5, 0.6) is 5.75 Å². The maximum atomic E-state index is 11.1.